The number of allylic oxidation sites excluding steroid dienone is 2. The summed E-state index contributed by atoms with van der Waals surface area (Å²) in [6.07, 6.45) is 3.80. The van der Waals surface area contributed by atoms with Crippen molar-refractivity contribution in [2.24, 2.45) is 0 Å². The molecule has 2 heteroatoms. The van der Waals surface area contributed by atoms with Gasteiger partial charge in [-0.3, -0.25) is 0 Å². The topological polar surface area (TPSA) is 17.1 Å². The second kappa shape index (κ2) is 4.58. The molecule has 0 saturated heterocycles. The zero-order chi connectivity index (χ0) is 9.80. The number of Topliss-reactive ketones (excluding diaryl/α,β-unsaturated/α-hetero) is 1. The fourth-order valence-corrected chi connectivity index (χ4v) is 3.46. The molecule has 1 aliphatic carbocycles. The van der Waals surface area contributed by atoms with Gasteiger partial charge in [0.1, 0.15) is 0 Å². The van der Waals surface area contributed by atoms with Crippen LogP contribution in [0.25, 0.3) is 0 Å². The minimum atomic E-state index is 0.364. The van der Waals surface area contributed by atoms with Crippen molar-refractivity contribution < 1.29 is 4.79 Å². The summed E-state index contributed by atoms with van der Waals surface area (Å²) < 4.78 is 1.38. The number of hydrogen-bond donors (Lipinski definition) is 0. The molecule has 0 unspecified atom stereocenters. The number of carbonyl (C=O) groups is 1. The summed E-state index contributed by atoms with van der Waals surface area (Å²) in [5.74, 6) is 0.364. The maximum absolute atomic E-state index is 11.3. The van der Waals surface area contributed by atoms with E-state index in [9.17, 15) is 4.79 Å². The first-order chi connectivity index (χ1) is 6.86. The van der Waals surface area contributed by atoms with Gasteiger partial charge in [0.05, 0.1) is 0 Å². The average Bonchev–Trinajstić information content (AvgIpc) is 2.63. The molecule has 14 heavy (non-hydrogen) atoms. The van der Waals surface area contributed by atoms with Crippen molar-refractivity contribution in [3.63, 3.8) is 0 Å². The van der Waals surface area contributed by atoms with Gasteiger partial charge in [-0.05, 0) is 0 Å². The molecule has 1 aromatic carbocycles. The van der Waals surface area contributed by atoms with Crippen LogP contribution >= 0.6 is 0 Å². The third kappa shape index (κ3) is 2.34. The number of rotatable bonds is 3. The Morgan fingerprint density at radius 3 is 2.64 bits per heavy atom. The molecule has 72 valence electrons. The zero-order valence-corrected chi connectivity index (χ0v) is 9.61. The predicted octanol–water partition coefficient (Wildman–Crippen LogP) is 1.72. The molecule has 0 fully saturated rings. The summed E-state index contributed by atoms with van der Waals surface area (Å²) in [4.78, 5) is 11.3. The van der Waals surface area contributed by atoms with Crippen molar-refractivity contribution in [1.82, 2.24) is 0 Å². The van der Waals surface area contributed by atoms with Gasteiger partial charge in [-0.1, -0.05) is 0 Å². The Morgan fingerprint density at radius 2 is 2.00 bits per heavy atom. The molecule has 0 aliphatic heterocycles. The molecule has 2 rings (SSSR count). The normalized spacial score (nSPS) is 15.7. The van der Waals surface area contributed by atoms with Crippen molar-refractivity contribution >= 4 is 25.2 Å². The molecule has 0 radical (unpaired) electrons. The van der Waals surface area contributed by atoms with Crippen LogP contribution < -0.4 is 4.46 Å². The van der Waals surface area contributed by atoms with Crippen LogP contribution in [0.4, 0.5) is 0 Å². The van der Waals surface area contributed by atoms with Crippen molar-refractivity contribution in [3.05, 3.63) is 42.0 Å². The molecule has 0 saturated carbocycles. The SMILES string of the molecule is O=C1CCC=C1C[Se]c1ccccc1. The molecule has 0 amide bonds. The van der Waals surface area contributed by atoms with E-state index in [0.29, 0.717) is 20.7 Å². The average molecular weight is 251 g/mol. The van der Waals surface area contributed by atoms with Gasteiger partial charge in [0.15, 0.2) is 0 Å². The third-order valence-corrected chi connectivity index (χ3v) is 4.48. The first-order valence-electron chi connectivity index (χ1n) is 4.76. The molecule has 0 aromatic heterocycles. The van der Waals surface area contributed by atoms with Gasteiger partial charge in [0.25, 0.3) is 0 Å². The van der Waals surface area contributed by atoms with Crippen molar-refractivity contribution in [2.45, 2.75) is 18.2 Å². The second-order valence-corrected chi connectivity index (χ2v) is 5.49. The summed E-state index contributed by atoms with van der Waals surface area (Å²) in [5.41, 5.74) is 1.06. The van der Waals surface area contributed by atoms with Crippen LogP contribution in [0.1, 0.15) is 12.8 Å². The summed E-state index contributed by atoms with van der Waals surface area (Å²) in [6.45, 7) is 0. The van der Waals surface area contributed by atoms with Gasteiger partial charge < -0.3 is 0 Å². The molecule has 0 bridgehead atoms. The van der Waals surface area contributed by atoms with Gasteiger partial charge >= 0.3 is 90.1 Å². The fourth-order valence-electron chi connectivity index (χ4n) is 1.47. The van der Waals surface area contributed by atoms with E-state index < -0.39 is 0 Å². The van der Waals surface area contributed by atoms with E-state index >= 15 is 0 Å². The van der Waals surface area contributed by atoms with E-state index in [-0.39, 0.29) is 0 Å². The van der Waals surface area contributed by atoms with E-state index in [4.69, 9.17) is 0 Å². The quantitative estimate of drug-likeness (QED) is 0.748. The summed E-state index contributed by atoms with van der Waals surface area (Å²) in [7, 11) is 0. The number of benzene rings is 1. The van der Waals surface area contributed by atoms with Crippen molar-refractivity contribution in [3.8, 4) is 0 Å². The summed E-state index contributed by atoms with van der Waals surface area (Å²) in [5, 5.41) is 0.968. The van der Waals surface area contributed by atoms with Crippen LogP contribution in [0, 0.1) is 0 Å². The van der Waals surface area contributed by atoms with Gasteiger partial charge in [0, 0.05) is 0 Å². The van der Waals surface area contributed by atoms with Crippen LogP contribution in [0.15, 0.2) is 42.0 Å². The number of hydrogen-bond acceptors (Lipinski definition) is 1. The Morgan fingerprint density at radius 1 is 1.21 bits per heavy atom. The molecule has 1 aliphatic rings. The first-order valence-corrected chi connectivity index (χ1v) is 6.83. The van der Waals surface area contributed by atoms with Crippen LogP contribution in [0.2, 0.25) is 5.32 Å². The molecule has 1 nitrogen and oxygen atoms in total. The van der Waals surface area contributed by atoms with Crippen molar-refractivity contribution in [1.29, 1.82) is 0 Å². The Labute approximate surface area is 90.4 Å². The fraction of sp³-hybridized carbons (Fsp3) is 0.250. The van der Waals surface area contributed by atoms with E-state index in [0.717, 1.165) is 23.7 Å². The molecule has 1 aromatic rings. The predicted molar refractivity (Wildman–Crippen MR) is 59.0 cm³/mol. The van der Waals surface area contributed by atoms with E-state index in [1.54, 1.807) is 0 Å². The van der Waals surface area contributed by atoms with Gasteiger partial charge in [-0.2, -0.15) is 0 Å². The van der Waals surface area contributed by atoms with Crippen molar-refractivity contribution in [2.75, 3.05) is 0 Å². The van der Waals surface area contributed by atoms with Gasteiger partial charge in [-0.25, -0.2) is 0 Å². The van der Waals surface area contributed by atoms with Gasteiger partial charge in [-0.15, -0.1) is 0 Å². The van der Waals surface area contributed by atoms with Gasteiger partial charge in [0.2, 0.25) is 0 Å². The molecular formula is C12H12OSe. The zero-order valence-electron chi connectivity index (χ0n) is 7.90. The molecule has 0 atom stereocenters. The molecular weight excluding hydrogens is 239 g/mol. The van der Waals surface area contributed by atoms with E-state index in [2.05, 4.69) is 30.3 Å². The Balaban J connectivity index is 1.92. The maximum atomic E-state index is 11.3. The second-order valence-electron chi connectivity index (χ2n) is 3.29. The monoisotopic (exact) mass is 252 g/mol. The summed E-state index contributed by atoms with van der Waals surface area (Å²) in [6, 6.07) is 10.4. The van der Waals surface area contributed by atoms with E-state index in [1.165, 1.54) is 4.46 Å². The Kier molecular flexibility index (Phi) is 3.18. The molecule has 0 heterocycles. The number of carbonyl (C=O) groups excluding carboxylic acids is 1. The standard InChI is InChI=1S/C12H12OSe/c13-12-8-4-5-10(12)9-14-11-6-2-1-3-7-11/h1-3,5-7H,4,8-9H2. The van der Waals surface area contributed by atoms with Crippen LogP contribution in [-0.4, -0.2) is 20.7 Å². The Hall–Kier alpha value is -0.851. The molecule has 0 spiro atoms. The Bertz CT molecular complexity index is 354. The minimum absolute atomic E-state index is 0.364. The first kappa shape index (κ1) is 9.69. The van der Waals surface area contributed by atoms with Crippen LogP contribution in [-0.2, 0) is 4.79 Å². The number of ketones is 1. The van der Waals surface area contributed by atoms with Crippen LogP contribution in [0.3, 0.4) is 0 Å². The third-order valence-electron chi connectivity index (χ3n) is 2.26. The summed E-state index contributed by atoms with van der Waals surface area (Å²) >= 11 is 0.424. The van der Waals surface area contributed by atoms with Crippen LogP contribution in [0.5, 0.6) is 0 Å². The molecule has 0 N–H and O–H groups in total. The van der Waals surface area contributed by atoms with E-state index in [1.807, 2.05) is 6.07 Å².